The van der Waals surface area contributed by atoms with E-state index in [1.807, 2.05) is 6.92 Å². The van der Waals surface area contributed by atoms with Gasteiger partial charge >= 0.3 is 0 Å². The van der Waals surface area contributed by atoms with Crippen LogP contribution >= 0.6 is 0 Å². The first kappa shape index (κ1) is 11.8. The van der Waals surface area contributed by atoms with Crippen LogP contribution in [0.3, 0.4) is 0 Å². The molecule has 2 aromatic heterocycles. The molecule has 4 nitrogen and oxygen atoms in total. The molecule has 0 fully saturated rings. The molecule has 1 aromatic carbocycles. The normalized spacial score (nSPS) is 12.8. The fourth-order valence-electron chi connectivity index (χ4n) is 2.10. The molecule has 1 unspecified atom stereocenters. The van der Waals surface area contributed by atoms with Gasteiger partial charge in [0.2, 0.25) is 0 Å². The zero-order valence-electron chi connectivity index (χ0n) is 10.3. The molecule has 0 saturated carbocycles. The van der Waals surface area contributed by atoms with E-state index in [9.17, 15) is 9.50 Å². The maximum absolute atomic E-state index is 13.8. The van der Waals surface area contributed by atoms with E-state index < -0.39 is 11.9 Å². The molecule has 0 aliphatic heterocycles. The summed E-state index contributed by atoms with van der Waals surface area (Å²) in [5.74, 6) is -0.429. The molecule has 0 amide bonds. The Kier molecular flexibility index (Phi) is 2.76. The van der Waals surface area contributed by atoms with Gasteiger partial charge in [-0.25, -0.2) is 8.91 Å². The summed E-state index contributed by atoms with van der Waals surface area (Å²) >= 11 is 0. The number of aliphatic hydroxyl groups is 1. The maximum atomic E-state index is 13.8. The lowest BCUT2D eigenvalue weighted by atomic mass is 10.0. The van der Waals surface area contributed by atoms with Gasteiger partial charge in [0.25, 0.3) is 0 Å². The second-order valence-corrected chi connectivity index (χ2v) is 4.43. The zero-order chi connectivity index (χ0) is 13.4. The molecule has 0 saturated heterocycles. The van der Waals surface area contributed by atoms with E-state index in [4.69, 9.17) is 0 Å². The molecule has 0 aliphatic carbocycles. The molecule has 19 heavy (non-hydrogen) atoms. The van der Waals surface area contributed by atoms with Crippen LogP contribution in [0.5, 0.6) is 0 Å². The predicted molar refractivity (Wildman–Crippen MR) is 68.2 cm³/mol. The molecule has 0 spiro atoms. The summed E-state index contributed by atoms with van der Waals surface area (Å²) in [4.78, 5) is 4.00. The Balaban J connectivity index is 2.13. The number of hydrogen-bond donors (Lipinski definition) is 1. The fraction of sp³-hybridized carbons (Fsp3) is 0.143. The molecule has 0 aliphatic rings. The summed E-state index contributed by atoms with van der Waals surface area (Å²) in [6.45, 7) is 1.85. The van der Waals surface area contributed by atoms with Gasteiger partial charge in [-0.1, -0.05) is 17.7 Å². The minimum atomic E-state index is -1.05. The molecule has 0 radical (unpaired) electrons. The van der Waals surface area contributed by atoms with Crippen molar-refractivity contribution >= 4 is 5.52 Å². The van der Waals surface area contributed by atoms with Crippen molar-refractivity contribution in [3.05, 3.63) is 65.5 Å². The molecule has 96 valence electrons. The second-order valence-electron chi connectivity index (χ2n) is 4.43. The number of halogens is 1. The molecule has 1 atom stereocenters. The van der Waals surface area contributed by atoms with Crippen LogP contribution in [0.25, 0.3) is 5.52 Å². The number of hydrogen-bond acceptors (Lipinski definition) is 3. The topological polar surface area (TPSA) is 50.4 Å². The summed E-state index contributed by atoms with van der Waals surface area (Å²) < 4.78 is 15.4. The minimum absolute atomic E-state index is 0.249. The largest absolute Gasteiger partial charge is 0.383 e. The number of nitrogens with zero attached hydrogens (tertiary/aromatic N) is 3. The molecule has 1 N–H and O–H groups in total. The first-order chi connectivity index (χ1) is 9.16. The van der Waals surface area contributed by atoms with Crippen molar-refractivity contribution in [2.75, 3.05) is 0 Å². The van der Waals surface area contributed by atoms with E-state index in [-0.39, 0.29) is 5.56 Å². The van der Waals surface area contributed by atoms with Crippen LogP contribution in [0.15, 0.2) is 43.0 Å². The van der Waals surface area contributed by atoms with Crippen molar-refractivity contribution < 1.29 is 9.50 Å². The van der Waals surface area contributed by atoms with Gasteiger partial charge < -0.3 is 5.11 Å². The summed E-state index contributed by atoms with van der Waals surface area (Å²) in [5.41, 5.74) is 2.34. The lowest BCUT2D eigenvalue weighted by Gasteiger charge is -2.11. The van der Waals surface area contributed by atoms with Crippen molar-refractivity contribution in [1.29, 1.82) is 0 Å². The lowest BCUT2D eigenvalue weighted by molar-refractivity contribution is 0.216. The van der Waals surface area contributed by atoms with Gasteiger partial charge in [0.05, 0.1) is 17.9 Å². The van der Waals surface area contributed by atoms with Gasteiger partial charge in [0, 0.05) is 23.5 Å². The second kappa shape index (κ2) is 4.44. The van der Waals surface area contributed by atoms with Crippen LogP contribution in [-0.2, 0) is 0 Å². The highest BCUT2D eigenvalue weighted by Gasteiger charge is 2.19. The average molecular weight is 257 g/mol. The highest BCUT2D eigenvalue weighted by Crippen LogP contribution is 2.27. The first-order valence-corrected chi connectivity index (χ1v) is 5.88. The number of benzene rings is 1. The van der Waals surface area contributed by atoms with Crippen molar-refractivity contribution in [3.8, 4) is 0 Å². The van der Waals surface area contributed by atoms with E-state index in [0.29, 0.717) is 11.1 Å². The van der Waals surface area contributed by atoms with Crippen LogP contribution < -0.4 is 0 Å². The van der Waals surface area contributed by atoms with Gasteiger partial charge in [0.1, 0.15) is 11.9 Å². The maximum Gasteiger partial charge on any atom is 0.129 e. The van der Waals surface area contributed by atoms with Crippen molar-refractivity contribution in [1.82, 2.24) is 14.6 Å². The van der Waals surface area contributed by atoms with E-state index in [1.165, 1.54) is 12.3 Å². The van der Waals surface area contributed by atoms with Gasteiger partial charge in [0.15, 0.2) is 0 Å². The average Bonchev–Trinajstić information content (AvgIpc) is 2.84. The Morgan fingerprint density at radius 1 is 1.26 bits per heavy atom. The Bertz CT molecular complexity index is 738. The van der Waals surface area contributed by atoms with E-state index >= 15 is 0 Å². The van der Waals surface area contributed by atoms with E-state index in [2.05, 4.69) is 10.1 Å². The molecular formula is C14H12FN3O. The highest BCUT2D eigenvalue weighted by atomic mass is 19.1. The molecule has 5 heteroatoms. The summed E-state index contributed by atoms with van der Waals surface area (Å²) in [5, 5.41) is 14.5. The van der Waals surface area contributed by atoms with Crippen molar-refractivity contribution in [3.63, 3.8) is 0 Å². The number of rotatable bonds is 2. The summed E-state index contributed by atoms with van der Waals surface area (Å²) in [6.07, 6.45) is 5.35. The minimum Gasteiger partial charge on any atom is -0.383 e. The Morgan fingerprint density at radius 3 is 2.95 bits per heavy atom. The van der Waals surface area contributed by atoms with Gasteiger partial charge in [-0.2, -0.15) is 5.10 Å². The number of aryl methyl sites for hydroxylation is 1. The number of fused-ring (bicyclic) bond motifs is 1. The van der Waals surface area contributed by atoms with Crippen LogP contribution in [0, 0.1) is 12.7 Å². The highest BCUT2D eigenvalue weighted by molar-refractivity contribution is 5.55. The van der Waals surface area contributed by atoms with Crippen LogP contribution in [0.4, 0.5) is 4.39 Å². The first-order valence-electron chi connectivity index (χ1n) is 5.88. The predicted octanol–water partition coefficient (Wildman–Crippen LogP) is 2.26. The van der Waals surface area contributed by atoms with Crippen LogP contribution in [0.1, 0.15) is 22.8 Å². The third-order valence-electron chi connectivity index (χ3n) is 3.10. The molecular weight excluding hydrogens is 245 g/mol. The van der Waals surface area contributed by atoms with Crippen molar-refractivity contribution in [2.24, 2.45) is 0 Å². The Labute approximate surface area is 109 Å². The smallest absolute Gasteiger partial charge is 0.129 e. The standard InChI is InChI=1S/C14H12FN3O/c1-9-2-3-12(15)10(6-9)14(19)11-7-17-18-5-4-16-8-13(11)18/h2-8,14,19H,1H3. The molecule has 3 rings (SSSR count). The summed E-state index contributed by atoms with van der Waals surface area (Å²) in [6, 6.07) is 4.67. The van der Waals surface area contributed by atoms with Crippen LogP contribution in [-0.4, -0.2) is 19.7 Å². The SMILES string of the molecule is Cc1ccc(F)c(C(O)c2cnn3ccncc23)c1. The molecule has 3 aromatic rings. The Hall–Kier alpha value is -2.27. The molecule has 2 heterocycles. The number of aliphatic hydroxyl groups excluding tert-OH is 1. The summed E-state index contributed by atoms with van der Waals surface area (Å²) in [7, 11) is 0. The van der Waals surface area contributed by atoms with Crippen molar-refractivity contribution in [2.45, 2.75) is 13.0 Å². The third kappa shape index (κ3) is 1.98. The zero-order valence-corrected chi connectivity index (χ0v) is 10.3. The monoisotopic (exact) mass is 257 g/mol. The lowest BCUT2D eigenvalue weighted by Crippen LogP contribution is -2.03. The van der Waals surface area contributed by atoms with Gasteiger partial charge in [-0.3, -0.25) is 4.98 Å². The van der Waals surface area contributed by atoms with Gasteiger partial charge in [-0.15, -0.1) is 0 Å². The van der Waals surface area contributed by atoms with Crippen LogP contribution in [0.2, 0.25) is 0 Å². The van der Waals surface area contributed by atoms with E-state index in [1.54, 1.807) is 35.2 Å². The number of aromatic nitrogens is 3. The van der Waals surface area contributed by atoms with Gasteiger partial charge in [-0.05, 0) is 13.0 Å². The molecule has 0 bridgehead atoms. The Morgan fingerprint density at radius 2 is 2.11 bits per heavy atom. The third-order valence-corrected chi connectivity index (χ3v) is 3.10. The van der Waals surface area contributed by atoms with E-state index in [0.717, 1.165) is 5.56 Å². The quantitative estimate of drug-likeness (QED) is 0.766. The fourth-order valence-corrected chi connectivity index (χ4v) is 2.10.